The molecule has 0 aromatic heterocycles. The Morgan fingerprint density at radius 3 is 2.36 bits per heavy atom. The molecule has 2 nitrogen and oxygen atoms in total. The highest BCUT2D eigenvalue weighted by Gasteiger charge is 2.31. The van der Waals surface area contributed by atoms with Crippen molar-refractivity contribution >= 4 is 0 Å². The van der Waals surface area contributed by atoms with Crippen LogP contribution in [0.5, 0.6) is 0 Å². The normalized spacial score (nSPS) is 38.5. The smallest absolute Gasteiger partial charge is 0.0806 e. The minimum Gasteiger partial charge on any atom is -0.298 e. The molecule has 0 aliphatic carbocycles. The summed E-state index contributed by atoms with van der Waals surface area (Å²) in [6, 6.07) is 0.521. The van der Waals surface area contributed by atoms with E-state index in [1.807, 2.05) is 0 Å². The van der Waals surface area contributed by atoms with Gasteiger partial charge in [0.1, 0.15) is 0 Å². The first kappa shape index (κ1) is 9.01. The van der Waals surface area contributed by atoms with Crippen LogP contribution >= 0.6 is 0 Å². The number of hydrogen-bond acceptors (Lipinski definition) is 2. The third-order valence-corrected chi connectivity index (χ3v) is 2.43. The van der Waals surface area contributed by atoms with Gasteiger partial charge in [-0.2, -0.15) is 5.48 Å². The average molecular weight is 157 g/mol. The zero-order valence-electron chi connectivity index (χ0n) is 7.92. The molecule has 2 heteroatoms. The Bertz CT molecular complexity index is 115. The van der Waals surface area contributed by atoms with Crippen LogP contribution in [0.2, 0.25) is 0 Å². The second-order valence-corrected chi connectivity index (χ2v) is 4.02. The van der Waals surface area contributed by atoms with E-state index in [0.29, 0.717) is 18.1 Å². The Hall–Kier alpha value is -0.0800. The lowest BCUT2D eigenvalue weighted by Crippen LogP contribution is -2.25. The molecule has 1 fully saturated rings. The van der Waals surface area contributed by atoms with Gasteiger partial charge in [-0.25, -0.2) is 0 Å². The van der Waals surface area contributed by atoms with Crippen LogP contribution in [0.3, 0.4) is 0 Å². The summed E-state index contributed by atoms with van der Waals surface area (Å²) in [5, 5.41) is 0. The van der Waals surface area contributed by atoms with Gasteiger partial charge in [0.05, 0.1) is 6.10 Å². The molecule has 0 aromatic carbocycles. The summed E-state index contributed by atoms with van der Waals surface area (Å²) in [4.78, 5) is 5.33. The zero-order valence-corrected chi connectivity index (χ0v) is 7.92. The molecule has 1 heterocycles. The summed E-state index contributed by atoms with van der Waals surface area (Å²) >= 11 is 0. The molecule has 11 heavy (non-hydrogen) atoms. The molecule has 0 bridgehead atoms. The lowest BCUT2D eigenvalue weighted by atomic mass is 9.89. The van der Waals surface area contributed by atoms with Crippen molar-refractivity contribution in [2.75, 3.05) is 0 Å². The van der Waals surface area contributed by atoms with Gasteiger partial charge in [0.15, 0.2) is 0 Å². The van der Waals surface area contributed by atoms with Gasteiger partial charge in [-0.05, 0) is 26.2 Å². The van der Waals surface area contributed by atoms with Gasteiger partial charge in [-0.3, -0.25) is 4.84 Å². The summed E-state index contributed by atoms with van der Waals surface area (Å²) in [6.45, 7) is 8.86. The molecule has 3 unspecified atom stereocenters. The van der Waals surface area contributed by atoms with Crippen LogP contribution in [-0.4, -0.2) is 12.1 Å². The topological polar surface area (TPSA) is 21.3 Å². The Morgan fingerprint density at radius 1 is 1.36 bits per heavy atom. The van der Waals surface area contributed by atoms with Gasteiger partial charge >= 0.3 is 0 Å². The van der Waals surface area contributed by atoms with Gasteiger partial charge in [-0.15, -0.1) is 0 Å². The summed E-state index contributed by atoms with van der Waals surface area (Å²) in [5.74, 6) is 1.46. The maximum Gasteiger partial charge on any atom is 0.0806 e. The Labute approximate surface area is 69.3 Å². The summed E-state index contributed by atoms with van der Waals surface area (Å²) in [5.41, 5.74) is 3.02. The van der Waals surface area contributed by atoms with Gasteiger partial charge in [0.25, 0.3) is 0 Å². The average Bonchev–Trinajstić information content (AvgIpc) is 2.18. The van der Waals surface area contributed by atoms with Crippen LogP contribution in [0.4, 0.5) is 0 Å². The van der Waals surface area contributed by atoms with Crippen molar-refractivity contribution in [1.82, 2.24) is 5.48 Å². The van der Waals surface area contributed by atoms with E-state index in [2.05, 4.69) is 33.2 Å². The van der Waals surface area contributed by atoms with Crippen molar-refractivity contribution in [3.05, 3.63) is 0 Å². The van der Waals surface area contributed by atoms with Crippen molar-refractivity contribution in [2.45, 2.75) is 46.3 Å². The maximum absolute atomic E-state index is 5.33. The van der Waals surface area contributed by atoms with E-state index in [0.717, 1.165) is 5.92 Å². The summed E-state index contributed by atoms with van der Waals surface area (Å²) in [6.07, 6.45) is 1.64. The van der Waals surface area contributed by atoms with Crippen LogP contribution in [-0.2, 0) is 4.84 Å². The van der Waals surface area contributed by atoms with E-state index >= 15 is 0 Å². The van der Waals surface area contributed by atoms with E-state index in [1.165, 1.54) is 6.42 Å². The van der Waals surface area contributed by atoms with Crippen molar-refractivity contribution < 1.29 is 4.84 Å². The molecule has 66 valence electrons. The molecular weight excluding hydrogens is 138 g/mol. The van der Waals surface area contributed by atoms with Gasteiger partial charge < -0.3 is 0 Å². The standard InChI is InChI=1S/C9H19NO/c1-6(2)5-9-7(3)10-11-8(9)4/h6-10H,5H2,1-4H3. The third-order valence-electron chi connectivity index (χ3n) is 2.43. The molecule has 0 aromatic rings. The molecule has 1 aliphatic heterocycles. The Kier molecular flexibility index (Phi) is 2.90. The van der Waals surface area contributed by atoms with Crippen molar-refractivity contribution in [3.63, 3.8) is 0 Å². The molecule has 1 aliphatic rings. The predicted molar refractivity (Wildman–Crippen MR) is 46.1 cm³/mol. The lowest BCUT2D eigenvalue weighted by Gasteiger charge is -2.18. The second-order valence-electron chi connectivity index (χ2n) is 4.02. The fourth-order valence-corrected chi connectivity index (χ4v) is 1.74. The van der Waals surface area contributed by atoms with E-state index in [1.54, 1.807) is 0 Å². The minimum absolute atomic E-state index is 0.382. The van der Waals surface area contributed by atoms with E-state index in [9.17, 15) is 0 Å². The van der Waals surface area contributed by atoms with Gasteiger partial charge in [-0.1, -0.05) is 13.8 Å². The van der Waals surface area contributed by atoms with Crippen molar-refractivity contribution in [2.24, 2.45) is 11.8 Å². The molecule has 0 saturated carbocycles. The van der Waals surface area contributed by atoms with Crippen LogP contribution in [0.25, 0.3) is 0 Å². The van der Waals surface area contributed by atoms with Crippen molar-refractivity contribution in [1.29, 1.82) is 0 Å². The van der Waals surface area contributed by atoms with Crippen LogP contribution < -0.4 is 5.48 Å². The predicted octanol–water partition coefficient (Wildman–Crippen LogP) is 1.96. The number of rotatable bonds is 2. The molecule has 0 spiro atoms. The van der Waals surface area contributed by atoms with Crippen LogP contribution in [0.15, 0.2) is 0 Å². The monoisotopic (exact) mass is 157 g/mol. The van der Waals surface area contributed by atoms with E-state index < -0.39 is 0 Å². The van der Waals surface area contributed by atoms with Crippen LogP contribution in [0, 0.1) is 11.8 Å². The number of hydroxylamine groups is 1. The first-order valence-corrected chi connectivity index (χ1v) is 4.52. The molecule has 0 amide bonds. The quantitative estimate of drug-likeness (QED) is 0.661. The number of hydrogen-bond donors (Lipinski definition) is 1. The molecule has 1 N–H and O–H groups in total. The first-order chi connectivity index (χ1) is 5.11. The Balaban J connectivity index is 2.41. The number of nitrogens with one attached hydrogen (secondary N) is 1. The van der Waals surface area contributed by atoms with E-state index in [-0.39, 0.29) is 0 Å². The molecule has 3 atom stereocenters. The highest BCUT2D eigenvalue weighted by atomic mass is 16.7. The molecule has 1 rings (SSSR count). The van der Waals surface area contributed by atoms with Crippen LogP contribution in [0.1, 0.15) is 34.1 Å². The first-order valence-electron chi connectivity index (χ1n) is 4.52. The second kappa shape index (κ2) is 3.55. The largest absolute Gasteiger partial charge is 0.298 e. The van der Waals surface area contributed by atoms with Crippen molar-refractivity contribution in [3.8, 4) is 0 Å². The molecule has 0 radical (unpaired) electrons. The lowest BCUT2D eigenvalue weighted by molar-refractivity contribution is 0.0289. The van der Waals surface area contributed by atoms with Gasteiger partial charge in [0, 0.05) is 12.0 Å². The Morgan fingerprint density at radius 2 is 2.00 bits per heavy atom. The fourth-order valence-electron chi connectivity index (χ4n) is 1.74. The van der Waals surface area contributed by atoms with Gasteiger partial charge in [0.2, 0.25) is 0 Å². The minimum atomic E-state index is 0.382. The molecule has 1 saturated heterocycles. The highest BCUT2D eigenvalue weighted by Crippen LogP contribution is 2.25. The summed E-state index contributed by atoms with van der Waals surface area (Å²) in [7, 11) is 0. The SMILES string of the molecule is CC(C)CC1C(C)NOC1C. The fraction of sp³-hybridized carbons (Fsp3) is 1.00. The highest BCUT2D eigenvalue weighted by molar-refractivity contribution is 4.80. The zero-order chi connectivity index (χ0) is 8.43. The maximum atomic E-state index is 5.33. The van der Waals surface area contributed by atoms with E-state index in [4.69, 9.17) is 4.84 Å². The molecular formula is C9H19NO. The summed E-state index contributed by atoms with van der Waals surface area (Å²) < 4.78 is 0. The third kappa shape index (κ3) is 2.17.